The number of cyclic esters (lactones) is 1. The molecule has 3 rings (SSSR count). The van der Waals surface area contributed by atoms with Crippen LogP contribution < -0.4 is 10.1 Å². The highest BCUT2D eigenvalue weighted by Crippen LogP contribution is 2.33. The Morgan fingerprint density at radius 2 is 2.00 bits per heavy atom. The molecule has 0 aliphatic carbocycles. The van der Waals surface area contributed by atoms with E-state index in [9.17, 15) is 14.7 Å². The standard InChI is InChI=1S/C27H36N2O5/c1-4-5-13-21-18(2)34-27(32)22(14-9-12-20(21)17-19-10-7-6-8-11-19)29-26(31)24-25(30)23(33-3)15-16-28-24/h6-8,10-11,15-16,18,20-22,30H,4-5,9,12-14,17H2,1-3H3,(H,29,31)/t18-,20+,21-,22-/m0/s1. The summed E-state index contributed by atoms with van der Waals surface area (Å²) in [4.78, 5) is 29.8. The van der Waals surface area contributed by atoms with Crippen LogP contribution in [0.5, 0.6) is 11.5 Å². The molecule has 4 atom stereocenters. The third-order valence-corrected chi connectivity index (χ3v) is 6.72. The highest BCUT2D eigenvalue weighted by atomic mass is 16.5. The monoisotopic (exact) mass is 468 g/mol. The summed E-state index contributed by atoms with van der Waals surface area (Å²) in [6, 6.07) is 11.1. The number of carbonyl (C=O) groups is 2. The maximum Gasteiger partial charge on any atom is 0.328 e. The van der Waals surface area contributed by atoms with Crippen molar-refractivity contribution < 1.29 is 24.2 Å². The summed E-state index contributed by atoms with van der Waals surface area (Å²) in [6.07, 6.45) is 7.43. The van der Waals surface area contributed by atoms with Gasteiger partial charge in [0.05, 0.1) is 7.11 Å². The first kappa shape index (κ1) is 25.5. The van der Waals surface area contributed by atoms with Crippen molar-refractivity contribution in [1.29, 1.82) is 0 Å². The third kappa shape index (κ3) is 6.49. The first-order valence-electron chi connectivity index (χ1n) is 12.2. The van der Waals surface area contributed by atoms with E-state index >= 15 is 0 Å². The summed E-state index contributed by atoms with van der Waals surface area (Å²) in [7, 11) is 1.40. The zero-order valence-corrected chi connectivity index (χ0v) is 20.3. The van der Waals surface area contributed by atoms with Crippen LogP contribution in [0.4, 0.5) is 0 Å². The van der Waals surface area contributed by atoms with Gasteiger partial charge in [-0.2, -0.15) is 0 Å². The predicted octanol–water partition coefficient (Wildman–Crippen LogP) is 4.68. The van der Waals surface area contributed by atoms with Gasteiger partial charge in [-0.1, -0.05) is 56.5 Å². The maximum atomic E-state index is 13.0. The Balaban J connectivity index is 1.76. The van der Waals surface area contributed by atoms with E-state index in [-0.39, 0.29) is 29.2 Å². The SMILES string of the molecule is CCCC[C@@H]1[C@@H](Cc2ccccc2)CCC[C@H](NC(=O)c2nccc(OC)c2O)C(=O)O[C@H]1C. The molecule has 1 saturated heterocycles. The molecule has 1 aliphatic heterocycles. The van der Waals surface area contributed by atoms with Gasteiger partial charge in [0.15, 0.2) is 17.2 Å². The number of benzene rings is 1. The van der Waals surface area contributed by atoms with Crippen molar-refractivity contribution in [1.82, 2.24) is 10.3 Å². The van der Waals surface area contributed by atoms with Crippen molar-refractivity contribution in [2.24, 2.45) is 11.8 Å². The molecular weight excluding hydrogens is 432 g/mol. The van der Waals surface area contributed by atoms with E-state index in [0.717, 1.165) is 38.5 Å². The summed E-state index contributed by atoms with van der Waals surface area (Å²) < 4.78 is 11.0. The van der Waals surface area contributed by atoms with E-state index in [0.29, 0.717) is 12.3 Å². The number of nitrogens with zero attached hydrogens (tertiary/aromatic N) is 1. The molecule has 34 heavy (non-hydrogen) atoms. The fraction of sp³-hybridized carbons (Fsp3) is 0.519. The Labute approximate surface area is 201 Å². The molecule has 1 aliphatic rings. The van der Waals surface area contributed by atoms with E-state index < -0.39 is 17.9 Å². The predicted molar refractivity (Wildman–Crippen MR) is 130 cm³/mol. The molecule has 1 aromatic carbocycles. The smallest absolute Gasteiger partial charge is 0.328 e. The minimum atomic E-state index is -0.801. The lowest BCUT2D eigenvalue weighted by molar-refractivity contribution is -0.154. The van der Waals surface area contributed by atoms with Gasteiger partial charge >= 0.3 is 5.97 Å². The van der Waals surface area contributed by atoms with Crippen molar-refractivity contribution in [2.45, 2.75) is 70.9 Å². The summed E-state index contributed by atoms with van der Waals surface area (Å²) in [6.45, 7) is 4.14. The molecule has 7 nitrogen and oxygen atoms in total. The van der Waals surface area contributed by atoms with Crippen LogP contribution in [0.2, 0.25) is 0 Å². The lowest BCUT2D eigenvalue weighted by Crippen LogP contribution is -2.43. The number of hydrogen-bond donors (Lipinski definition) is 2. The Morgan fingerprint density at radius 1 is 1.24 bits per heavy atom. The number of pyridine rings is 1. The van der Waals surface area contributed by atoms with Gasteiger partial charge in [0.1, 0.15) is 12.1 Å². The summed E-state index contributed by atoms with van der Waals surface area (Å²) in [5.74, 6) is -0.639. The van der Waals surface area contributed by atoms with Crippen LogP contribution in [0.1, 0.15) is 68.4 Å². The van der Waals surface area contributed by atoms with E-state index in [2.05, 4.69) is 41.5 Å². The number of nitrogens with one attached hydrogen (secondary N) is 1. The molecule has 1 amide bonds. The molecule has 2 heterocycles. The minimum Gasteiger partial charge on any atom is -0.503 e. The van der Waals surface area contributed by atoms with Crippen LogP contribution in [-0.4, -0.2) is 41.2 Å². The maximum absolute atomic E-state index is 13.0. The van der Waals surface area contributed by atoms with Gasteiger partial charge in [-0.15, -0.1) is 0 Å². The fourth-order valence-corrected chi connectivity index (χ4v) is 4.86. The average Bonchev–Trinajstić information content (AvgIpc) is 2.88. The molecule has 0 saturated carbocycles. The summed E-state index contributed by atoms with van der Waals surface area (Å²) in [5, 5.41) is 13.0. The molecule has 7 heteroatoms. The summed E-state index contributed by atoms with van der Waals surface area (Å²) >= 11 is 0. The molecule has 2 N–H and O–H groups in total. The number of rotatable bonds is 8. The first-order valence-corrected chi connectivity index (χ1v) is 12.2. The van der Waals surface area contributed by atoms with Crippen LogP contribution in [0, 0.1) is 11.8 Å². The number of methoxy groups -OCH3 is 1. The van der Waals surface area contributed by atoms with Crippen LogP contribution in [0.15, 0.2) is 42.6 Å². The van der Waals surface area contributed by atoms with Gasteiger partial charge in [-0.3, -0.25) is 4.79 Å². The highest BCUT2D eigenvalue weighted by Gasteiger charge is 2.34. The zero-order valence-electron chi connectivity index (χ0n) is 20.3. The number of aromatic hydroxyl groups is 1. The Kier molecular flexibility index (Phi) is 9.31. The second-order valence-corrected chi connectivity index (χ2v) is 9.07. The van der Waals surface area contributed by atoms with Crippen molar-refractivity contribution in [3.8, 4) is 11.5 Å². The molecule has 0 spiro atoms. The van der Waals surface area contributed by atoms with E-state index in [1.54, 1.807) is 0 Å². The van der Waals surface area contributed by atoms with Gasteiger partial charge in [-0.05, 0) is 50.0 Å². The topological polar surface area (TPSA) is 97.8 Å². The number of amides is 1. The molecule has 0 bridgehead atoms. The Bertz CT molecular complexity index is 949. The molecule has 1 aromatic heterocycles. The van der Waals surface area contributed by atoms with Crippen molar-refractivity contribution in [2.75, 3.05) is 7.11 Å². The number of esters is 1. The molecular formula is C27H36N2O5. The second kappa shape index (κ2) is 12.4. The first-order chi connectivity index (χ1) is 16.4. The van der Waals surface area contributed by atoms with Crippen LogP contribution in [0.25, 0.3) is 0 Å². The van der Waals surface area contributed by atoms with Gasteiger partial charge in [0.2, 0.25) is 0 Å². The number of carbonyl (C=O) groups excluding carboxylic acids is 2. The van der Waals surface area contributed by atoms with Gasteiger partial charge in [-0.25, -0.2) is 9.78 Å². The number of hydrogen-bond acceptors (Lipinski definition) is 6. The minimum absolute atomic E-state index is 0.147. The lowest BCUT2D eigenvalue weighted by atomic mass is 9.78. The molecule has 1 fully saturated rings. The zero-order chi connectivity index (χ0) is 24.5. The third-order valence-electron chi connectivity index (χ3n) is 6.72. The molecule has 184 valence electrons. The average molecular weight is 469 g/mol. The quantitative estimate of drug-likeness (QED) is 0.546. The van der Waals surface area contributed by atoms with Crippen molar-refractivity contribution >= 4 is 11.9 Å². The largest absolute Gasteiger partial charge is 0.503 e. The van der Waals surface area contributed by atoms with Crippen molar-refractivity contribution in [3.05, 3.63) is 53.9 Å². The molecule has 0 radical (unpaired) electrons. The normalized spacial score (nSPS) is 23.2. The Hall–Kier alpha value is -3.09. The van der Waals surface area contributed by atoms with E-state index in [1.165, 1.54) is 24.9 Å². The van der Waals surface area contributed by atoms with Gasteiger partial charge in [0.25, 0.3) is 5.91 Å². The van der Waals surface area contributed by atoms with E-state index in [4.69, 9.17) is 9.47 Å². The number of unbranched alkanes of at least 4 members (excludes halogenated alkanes) is 1. The number of ether oxygens (including phenoxy) is 2. The number of aromatic nitrogens is 1. The van der Waals surface area contributed by atoms with Crippen molar-refractivity contribution in [3.63, 3.8) is 0 Å². The highest BCUT2D eigenvalue weighted by molar-refractivity contribution is 5.97. The fourth-order valence-electron chi connectivity index (χ4n) is 4.86. The van der Waals surface area contributed by atoms with Gasteiger partial charge in [0, 0.05) is 12.3 Å². The van der Waals surface area contributed by atoms with Crippen LogP contribution in [0.3, 0.4) is 0 Å². The summed E-state index contributed by atoms with van der Waals surface area (Å²) in [5.41, 5.74) is 1.11. The van der Waals surface area contributed by atoms with Crippen LogP contribution in [-0.2, 0) is 16.0 Å². The van der Waals surface area contributed by atoms with Gasteiger partial charge < -0.3 is 19.9 Å². The Morgan fingerprint density at radius 3 is 2.71 bits per heavy atom. The molecule has 0 unspecified atom stereocenters. The van der Waals surface area contributed by atoms with Crippen LogP contribution >= 0.6 is 0 Å². The second-order valence-electron chi connectivity index (χ2n) is 9.07. The molecule has 2 aromatic rings. The van der Waals surface area contributed by atoms with E-state index in [1.807, 2.05) is 13.0 Å². The lowest BCUT2D eigenvalue weighted by Gasteiger charge is -2.31.